The fraction of sp³-hybridized carbons (Fsp3) is 0.458. The van der Waals surface area contributed by atoms with Crippen molar-refractivity contribution in [3.05, 3.63) is 70.3 Å². The van der Waals surface area contributed by atoms with Crippen molar-refractivity contribution < 1.29 is 27.7 Å². The number of carboxylic acid groups (broad SMARTS) is 1. The first-order chi connectivity index (χ1) is 16.6. The molecule has 198 valence electrons. The molecule has 0 aromatic heterocycles. The van der Waals surface area contributed by atoms with Crippen molar-refractivity contribution in [1.82, 2.24) is 10.0 Å². The molecule has 0 aliphatic rings. The van der Waals surface area contributed by atoms with E-state index in [-0.39, 0.29) is 18.0 Å². The van der Waals surface area contributed by atoms with E-state index in [1.165, 1.54) is 12.1 Å². The average molecular weight is 538 g/mol. The third-order valence-electron chi connectivity index (χ3n) is 6.41. The number of nitrogens with one attached hydrogen (secondary N) is 2. The van der Waals surface area contributed by atoms with Gasteiger partial charge in [0.05, 0.1) is 4.92 Å². The van der Waals surface area contributed by atoms with Gasteiger partial charge in [0.2, 0.25) is 10.0 Å². The highest BCUT2D eigenvalue weighted by atomic mass is 32.2. The van der Waals surface area contributed by atoms with E-state index in [2.05, 4.69) is 43.9 Å². The van der Waals surface area contributed by atoms with Crippen molar-refractivity contribution in [3.63, 3.8) is 0 Å². The molecule has 36 heavy (non-hydrogen) atoms. The number of hydrogen-bond donors (Lipinski definition) is 3. The molecule has 0 bridgehead atoms. The van der Waals surface area contributed by atoms with Crippen LogP contribution in [0.5, 0.6) is 0 Å². The average Bonchev–Trinajstić information content (AvgIpc) is 2.78. The van der Waals surface area contributed by atoms with Crippen LogP contribution in [0.15, 0.2) is 59.5 Å². The fourth-order valence-electron chi connectivity index (χ4n) is 3.32. The number of sulfonamides is 1. The number of carboxylic acids is 1. The van der Waals surface area contributed by atoms with Crippen molar-refractivity contribution in [2.75, 3.05) is 19.7 Å². The lowest BCUT2D eigenvalue weighted by molar-refractivity contribution is -0.387. The summed E-state index contributed by atoms with van der Waals surface area (Å²) in [4.78, 5) is 22.6. The largest absolute Gasteiger partial charge is 0.480 e. The van der Waals surface area contributed by atoms with Gasteiger partial charge in [0.15, 0.2) is 13.2 Å². The summed E-state index contributed by atoms with van der Waals surface area (Å²) in [6, 6.07) is 13.4. The standard InChI is InChI=1S/C24H35N3O7SSi/c1-23(2,3)36(4,5)34-16-15-25-18-24(22(28)29,17-19-11-7-6-8-12-19)26-35(32,33)21-14-10-9-13-20(21)27(30)31/h6-14,25-26H,15-18H2,1-5H3,(H,28,29). The van der Waals surface area contributed by atoms with Gasteiger partial charge in [-0.3, -0.25) is 14.9 Å². The molecule has 0 amide bonds. The van der Waals surface area contributed by atoms with Gasteiger partial charge in [0.25, 0.3) is 5.69 Å². The molecule has 0 aliphatic carbocycles. The van der Waals surface area contributed by atoms with Crippen LogP contribution in [0.25, 0.3) is 0 Å². The molecule has 2 aromatic rings. The number of hydrogen-bond acceptors (Lipinski definition) is 7. The second-order valence-corrected chi connectivity index (χ2v) is 16.6. The van der Waals surface area contributed by atoms with Crippen molar-refractivity contribution in [1.29, 1.82) is 0 Å². The minimum Gasteiger partial charge on any atom is -0.480 e. The van der Waals surface area contributed by atoms with Gasteiger partial charge in [-0.2, -0.15) is 4.72 Å². The number of nitro benzene ring substituents is 1. The SMILES string of the molecule is CC(C)(C)[Si](C)(C)OCCNCC(Cc1ccccc1)(NS(=O)(=O)c1ccccc1[N+](=O)[O-])C(=O)O. The minimum absolute atomic E-state index is 0.00513. The third kappa shape index (κ3) is 7.43. The Hall–Kier alpha value is -2.64. The highest BCUT2D eigenvalue weighted by Crippen LogP contribution is 2.36. The Labute approximate surface area is 213 Å². The molecular weight excluding hydrogens is 502 g/mol. The fourth-order valence-corrected chi connectivity index (χ4v) is 5.89. The molecule has 12 heteroatoms. The number of nitrogens with zero attached hydrogens (tertiary/aromatic N) is 1. The second kappa shape index (κ2) is 11.6. The van der Waals surface area contributed by atoms with Gasteiger partial charge in [0, 0.05) is 32.2 Å². The third-order valence-corrected chi connectivity index (χ3v) is 12.5. The summed E-state index contributed by atoms with van der Waals surface area (Å²) >= 11 is 0. The molecule has 0 saturated carbocycles. The monoisotopic (exact) mass is 537 g/mol. The summed E-state index contributed by atoms with van der Waals surface area (Å²) in [5, 5.41) is 24.7. The maximum atomic E-state index is 13.3. The highest BCUT2D eigenvalue weighted by Gasteiger charge is 2.44. The van der Waals surface area contributed by atoms with Crippen LogP contribution in [-0.4, -0.2) is 58.0 Å². The molecule has 0 aliphatic heterocycles. The quantitative estimate of drug-likeness (QED) is 0.152. The zero-order valence-corrected chi connectivity index (χ0v) is 23.1. The van der Waals surface area contributed by atoms with Gasteiger partial charge in [0.1, 0.15) is 5.54 Å². The first-order valence-electron chi connectivity index (χ1n) is 11.5. The molecule has 0 radical (unpaired) electrons. The Kier molecular flexibility index (Phi) is 9.54. The van der Waals surface area contributed by atoms with Crippen LogP contribution in [0.4, 0.5) is 5.69 Å². The lowest BCUT2D eigenvalue weighted by Gasteiger charge is -2.36. The van der Waals surface area contributed by atoms with Crippen LogP contribution in [0.1, 0.15) is 26.3 Å². The van der Waals surface area contributed by atoms with Crippen molar-refractivity contribution in [3.8, 4) is 0 Å². The predicted octanol–water partition coefficient (Wildman–Crippen LogP) is 3.55. The molecule has 0 saturated heterocycles. The van der Waals surface area contributed by atoms with E-state index in [9.17, 15) is 28.4 Å². The Morgan fingerprint density at radius 2 is 1.67 bits per heavy atom. The molecule has 2 rings (SSSR count). The van der Waals surface area contributed by atoms with E-state index in [1.807, 2.05) is 0 Å². The van der Waals surface area contributed by atoms with Crippen LogP contribution in [0, 0.1) is 10.1 Å². The molecule has 1 unspecified atom stereocenters. The molecule has 10 nitrogen and oxygen atoms in total. The van der Waals surface area contributed by atoms with Crippen LogP contribution < -0.4 is 10.0 Å². The topological polar surface area (TPSA) is 148 Å². The Morgan fingerprint density at radius 3 is 2.22 bits per heavy atom. The molecule has 0 spiro atoms. The Balaban J connectivity index is 2.33. The summed E-state index contributed by atoms with van der Waals surface area (Å²) in [7, 11) is -6.60. The first kappa shape index (κ1) is 29.6. The van der Waals surface area contributed by atoms with Crippen LogP contribution in [0.3, 0.4) is 0 Å². The normalized spacial score (nSPS) is 14.2. The van der Waals surface area contributed by atoms with E-state index in [0.717, 1.165) is 12.1 Å². The second-order valence-electron chi connectivity index (χ2n) is 10.2. The zero-order chi connectivity index (χ0) is 27.2. The van der Waals surface area contributed by atoms with Crippen molar-refractivity contribution >= 4 is 30.0 Å². The number of nitro groups is 1. The summed E-state index contributed by atoms with van der Waals surface area (Å²) in [6.45, 7) is 10.9. The van der Waals surface area contributed by atoms with Crippen molar-refractivity contribution in [2.24, 2.45) is 0 Å². The molecule has 0 fully saturated rings. The summed E-state index contributed by atoms with van der Waals surface area (Å²) < 4.78 is 34.9. The van der Waals surface area contributed by atoms with Crippen molar-refractivity contribution in [2.45, 2.75) is 55.8 Å². The maximum Gasteiger partial charge on any atom is 0.326 e. The number of benzene rings is 2. The van der Waals surface area contributed by atoms with E-state index >= 15 is 0 Å². The number of para-hydroxylation sites is 1. The molecule has 2 aromatic carbocycles. The molecule has 3 N–H and O–H groups in total. The first-order valence-corrected chi connectivity index (χ1v) is 15.9. The van der Waals surface area contributed by atoms with Gasteiger partial charge < -0.3 is 14.8 Å². The number of rotatable bonds is 13. The van der Waals surface area contributed by atoms with Gasteiger partial charge in [-0.05, 0) is 29.8 Å². The zero-order valence-electron chi connectivity index (χ0n) is 21.3. The lowest BCUT2D eigenvalue weighted by atomic mass is 9.91. The molecular formula is C24H35N3O7SSi. The maximum absolute atomic E-state index is 13.3. The van der Waals surface area contributed by atoms with Gasteiger partial charge >= 0.3 is 5.97 Å². The predicted molar refractivity (Wildman–Crippen MR) is 140 cm³/mol. The Bertz CT molecular complexity index is 1170. The van der Waals surface area contributed by atoms with Gasteiger partial charge in [-0.1, -0.05) is 63.2 Å². The number of aliphatic carboxylic acids is 1. The van der Waals surface area contributed by atoms with E-state index in [0.29, 0.717) is 18.7 Å². The Morgan fingerprint density at radius 1 is 1.08 bits per heavy atom. The van der Waals surface area contributed by atoms with E-state index < -0.39 is 45.4 Å². The van der Waals surface area contributed by atoms with E-state index in [1.54, 1.807) is 30.3 Å². The van der Waals surface area contributed by atoms with Gasteiger partial charge in [-0.25, -0.2) is 8.42 Å². The van der Waals surface area contributed by atoms with Crippen LogP contribution in [-0.2, 0) is 25.7 Å². The minimum atomic E-state index is -4.58. The molecule has 1 atom stereocenters. The van der Waals surface area contributed by atoms with E-state index in [4.69, 9.17) is 4.43 Å². The van der Waals surface area contributed by atoms with Crippen LogP contribution in [0.2, 0.25) is 18.1 Å². The smallest absolute Gasteiger partial charge is 0.326 e. The summed E-state index contributed by atoms with van der Waals surface area (Å²) in [6.07, 6.45) is -0.181. The number of carbonyl (C=O) groups is 1. The van der Waals surface area contributed by atoms with Gasteiger partial charge in [-0.15, -0.1) is 0 Å². The highest BCUT2D eigenvalue weighted by molar-refractivity contribution is 7.89. The lowest BCUT2D eigenvalue weighted by Crippen LogP contribution is -2.61. The molecule has 0 heterocycles. The van der Waals surface area contributed by atoms with Crippen LogP contribution >= 0.6 is 0 Å². The summed E-state index contributed by atoms with van der Waals surface area (Å²) in [5.41, 5.74) is -2.06. The summed E-state index contributed by atoms with van der Waals surface area (Å²) in [5.74, 6) is -1.41.